The first kappa shape index (κ1) is 13.9. The van der Waals surface area contributed by atoms with Crippen molar-refractivity contribution in [3.05, 3.63) is 29.8 Å². The summed E-state index contributed by atoms with van der Waals surface area (Å²) in [4.78, 5) is 12.3. The smallest absolute Gasteiger partial charge is 0.332 e. The van der Waals surface area contributed by atoms with Gasteiger partial charge in [0.25, 0.3) is 0 Å². The highest BCUT2D eigenvalue weighted by molar-refractivity contribution is 5.86. The van der Waals surface area contributed by atoms with Crippen LogP contribution in [0.2, 0.25) is 0 Å². The minimum absolute atomic E-state index is 0.00978. The van der Waals surface area contributed by atoms with Gasteiger partial charge >= 0.3 is 5.97 Å². The van der Waals surface area contributed by atoms with Crippen LogP contribution < -0.4 is 5.32 Å². The van der Waals surface area contributed by atoms with Crippen molar-refractivity contribution in [3.8, 4) is 0 Å². The molecule has 1 aromatic carbocycles. The van der Waals surface area contributed by atoms with Crippen LogP contribution in [-0.4, -0.2) is 18.1 Å². The summed E-state index contributed by atoms with van der Waals surface area (Å²) in [6.45, 7) is 8.42. The van der Waals surface area contributed by atoms with Crippen LogP contribution in [0.1, 0.15) is 39.2 Å². The lowest BCUT2D eigenvalue weighted by molar-refractivity contribution is -0.150. The Balaban J connectivity index is 2.23. The average molecular weight is 261 g/mol. The van der Waals surface area contributed by atoms with Gasteiger partial charge in [0.15, 0.2) is 0 Å². The molecule has 0 aliphatic heterocycles. The van der Waals surface area contributed by atoms with Crippen molar-refractivity contribution in [1.29, 1.82) is 0 Å². The molecule has 1 aliphatic rings. The molecule has 0 heterocycles. The molecule has 0 amide bonds. The number of hydrogen-bond donors (Lipinski definition) is 1. The zero-order valence-corrected chi connectivity index (χ0v) is 12.2. The Kier molecular flexibility index (Phi) is 3.57. The molecule has 1 unspecified atom stereocenters. The SMILES string of the molecule is CCOC(=O)C(C)(Nc1ccc(C)cc1)C1(C)CC1. The Labute approximate surface area is 115 Å². The number of carbonyl (C=O) groups is 1. The average Bonchev–Trinajstić information content (AvgIpc) is 3.12. The molecule has 0 radical (unpaired) electrons. The van der Waals surface area contributed by atoms with Gasteiger partial charge in [0.1, 0.15) is 5.54 Å². The van der Waals surface area contributed by atoms with E-state index in [1.54, 1.807) is 0 Å². The lowest BCUT2D eigenvalue weighted by Crippen LogP contribution is -2.51. The van der Waals surface area contributed by atoms with Crippen LogP contribution in [0.3, 0.4) is 0 Å². The topological polar surface area (TPSA) is 38.3 Å². The van der Waals surface area contributed by atoms with Crippen LogP contribution in [0.25, 0.3) is 0 Å². The molecule has 3 nitrogen and oxygen atoms in total. The van der Waals surface area contributed by atoms with Crippen molar-refractivity contribution in [2.24, 2.45) is 5.41 Å². The fourth-order valence-corrected chi connectivity index (χ4v) is 2.34. The van der Waals surface area contributed by atoms with Crippen LogP contribution in [0.15, 0.2) is 24.3 Å². The van der Waals surface area contributed by atoms with Crippen LogP contribution in [0, 0.1) is 12.3 Å². The molecule has 104 valence electrons. The van der Waals surface area contributed by atoms with Crippen LogP contribution in [0.5, 0.6) is 0 Å². The van der Waals surface area contributed by atoms with Gasteiger partial charge in [-0.25, -0.2) is 4.79 Å². The molecule has 1 saturated carbocycles. The van der Waals surface area contributed by atoms with Gasteiger partial charge < -0.3 is 10.1 Å². The zero-order valence-electron chi connectivity index (χ0n) is 12.2. The second kappa shape index (κ2) is 4.87. The Morgan fingerprint density at radius 3 is 2.42 bits per heavy atom. The number of hydrogen-bond acceptors (Lipinski definition) is 3. The van der Waals surface area contributed by atoms with E-state index in [4.69, 9.17) is 4.74 Å². The van der Waals surface area contributed by atoms with Gasteiger partial charge in [-0.1, -0.05) is 24.6 Å². The van der Waals surface area contributed by atoms with E-state index in [-0.39, 0.29) is 11.4 Å². The molecule has 3 heteroatoms. The monoisotopic (exact) mass is 261 g/mol. The summed E-state index contributed by atoms with van der Waals surface area (Å²) in [7, 11) is 0. The minimum Gasteiger partial charge on any atom is -0.464 e. The van der Waals surface area contributed by atoms with E-state index in [0.29, 0.717) is 6.61 Å². The highest BCUT2D eigenvalue weighted by Crippen LogP contribution is 2.55. The van der Waals surface area contributed by atoms with Gasteiger partial charge in [-0.2, -0.15) is 0 Å². The van der Waals surface area contributed by atoms with Crippen molar-refractivity contribution >= 4 is 11.7 Å². The number of rotatable bonds is 5. The molecule has 2 rings (SSSR count). The summed E-state index contributed by atoms with van der Waals surface area (Å²) >= 11 is 0. The minimum atomic E-state index is -0.654. The zero-order chi connectivity index (χ0) is 14.1. The van der Waals surface area contributed by atoms with Crippen molar-refractivity contribution in [1.82, 2.24) is 0 Å². The first-order chi connectivity index (χ1) is 8.91. The lowest BCUT2D eigenvalue weighted by atomic mass is 9.83. The quantitative estimate of drug-likeness (QED) is 0.824. The maximum absolute atomic E-state index is 12.3. The summed E-state index contributed by atoms with van der Waals surface area (Å²) < 4.78 is 5.27. The second-order valence-electron chi connectivity index (χ2n) is 5.90. The van der Waals surface area contributed by atoms with Crippen molar-refractivity contribution in [2.45, 2.75) is 46.1 Å². The number of anilines is 1. The highest BCUT2D eigenvalue weighted by atomic mass is 16.5. The van der Waals surface area contributed by atoms with Gasteiger partial charge in [0.2, 0.25) is 0 Å². The molecular formula is C16H23NO2. The van der Waals surface area contributed by atoms with Gasteiger partial charge in [0.05, 0.1) is 6.61 Å². The van der Waals surface area contributed by atoms with E-state index < -0.39 is 5.54 Å². The molecule has 0 bridgehead atoms. The maximum atomic E-state index is 12.3. The third-order valence-electron chi connectivity index (χ3n) is 4.34. The fraction of sp³-hybridized carbons (Fsp3) is 0.562. The number of aryl methyl sites for hydroxylation is 1. The maximum Gasteiger partial charge on any atom is 0.332 e. The normalized spacial score (nSPS) is 19.4. The molecule has 1 fully saturated rings. The fourth-order valence-electron chi connectivity index (χ4n) is 2.34. The van der Waals surface area contributed by atoms with Gasteiger partial charge in [-0.15, -0.1) is 0 Å². The molecule has 0 saturated heterocycles. The summed E-state index contributed by atoms with van der Waals surface area (Å²) in [5, 5.41) is 3.40. The number of benzene rings is 1. The van der Waals surface area contributed by atoms with E-state index in [2.05, 4.69) is 19.2 Å². The van der Waals surface area contributed by atoms with Crippen molar-refractivity contribution < 1.29 is 9.53 Å². The third-order valence-corrected chi connectivity index (χ3v) is 4.34. The first-order valence-electron chi connectivity index (χ1n) is 6.93. The standard InChI is InChI=1S/C16H23NO2/c1-5-19-14(18)16(4,15(3)10-11-15)17-13-8-6-12(2)7-9-13/h6-9,17H,5,10-11H2,1-4H3. The van der Waals surface area contributed by atoms with Crippen LogP contribution in [0.4, 0.5) is 5.69 Å². The largest absolute Gasteiger partial charge is 0.464 e. The lowest BCUT2D eigenvalue weighted by Gasteiger charge is -2.35. The van der Waals surface area contributed by atoms with E-state index in [1.165, 1.54) is 5.56 Å². The third kappa shape index (κ3) is 2.60. The highest BCUT2D eigenvalue weighted by Gasteiger charge is 2.58. The van der Waals surface area contributed by atoms with E-state index >= 15 is 0 Å². The Morgan fingerprint density at radius 2 is 1.95 bits per heavy atom. The number of nitrogens with one attached hydrogen (secondary N) is 1. The molecule has 1 aromatic rings. The van der Waals surface area contributed by atoms with Gasteiger partial charge in [-0.05, 0) is 45.7 Å². The van der Waals surface area contributed by atoms with E-state index in [1.807, 2.05) is 38.1 Å². The summed E-state index contributed by atoms with van der Waals surface area (Å²) in [6, 6.07) is 8.11. The van der Waals surface area contributed by atoms with Gasteiger partial charge in [-0.3, -0.25) is 0 Å². The molecule has 1 aliphatic carbocycles. The summed E-state index contributed by atoms with van der Waals surface area (Å²) in [6.07, 6.45) is 2.11. The Morgan fingerprint density at radius 1 is 1.37 bits per heavy atom. The molecule has 1 atom stereocenters. The predicted molar refractivity (Wildman–Crippen MR) is 77.2 cm³/mol. The number of ether oxygens (including phenoxy) is 1. The van der Waals surface area contributed by atoms with Crippen LogP contribution >= 0.6 is 0 Å². The molecule has 1 N–H and O–H groups in total. The van der Waals surface area contributed by atoms with Crippen LogP contribution in [-0.2, 0) is 9.53 Å². The molecule has 19 heavy (non-hydrogen) atoms. The first-order valence-corrected chi connectivity index (χ1v) is 6.93. The molecular weight excluding hydrogens is 238 g/mol. The van der Waals surface area contributed by atoms with E-state index in [9.17, 15) is 4.79 Å². The molecule has 0 spiro atoms. The van der Waals surface area contributed by atoms with Gasteiger partial charge in [0, 0.05) is 11.1 Å². The second-order valence-corrected chi connectivity index (χ2v) is 5.90. The Hall–Kier alpha value is -1.51. The summed E-state index contributed by atoms with van der Waals surface area (Å²) in [5.74, 6) is -0.157. The summed E-state index contributed by atoms with van der Waals surface area (Å²) in [5.41, 5.74) is 1.51. The van der Waals surface area contributed by atoms with E-state index in [0.717, 1.165) is 18.5 Å². The number of esters is 1. The Bertz CT molecular complexity index is 462. The van der Waals surface area contributed by atoms with Crippen molar-refractivity contribution in [3.63, 3.8) is 0 Å². The number of carbonyl (C=O) groups excluding carboxylic acids is 1. The molecule has 0 aromatic heterocycles. The van der Waals surface area contributed by atoms with Crippen molar-refractivity contribution in [2.75, 3.05) is 11.9 Å². The predicted octanol–water partition coefficient (Wildman–Crippen LogP) is 3.53.